The van der Waals surface area contributed by atoms with Crippen molar-refractivity contribution in [1.29, 1.82) is 0 Å². The minimum atomic E-state index is -3.57. The summed E-state index contributed by atoms with van der Waals surface area (Å²) in [6.45, 7) is 6.02. The van der Waals surface area contributed by atoms with Gasteiger partial charge in [-0.2, -0.15) is 8.42 Å². The Balaban J connectivity index is 2.57. The van der Waals surface area contributed by atoms with Crippen LogP contribution in [-0.4, -0.2) is 19.8 Å². The molecule has 0 heterocycles. The number of benzene rings is 2. The summed E-state index contributed by atoms with van der Waals surface area (Å²) in [6.07, 6.45) is 2.69. The zero-order chi connectivity index (χ0) is 18.8. The lowest BCUT2D eigenvalue weighted by molar-refractivity contribution is 0.464. The number of phenolic OH excluding ortho intramolecular Hbond substituents is 1. The second kappa shape index (κ2) is 7.26. The Morgan fingerprint density at radius 3 is 2.12 bits per heavy atom. The second-order valence-corrected chi connectivity index (χ2v) is 8.21. The molecule has 0 aromatic heterocycles. The zero-order valence-electron chi connectivity index (χ0n) is 14.8. The quantitative estimate of drug-likeness (QED) is 0.729. The molecule has 2 aromatic carbocycles. The van der Waals surface area contributed by atoms with E-state index in [-0.39, 0.29) is 11.2 Å². The molecule has 0 fully saturated rings. The monoisotopic (exact) mass is 382 g/mol. The zero-order valence-corrected chi connectivity index (χ0v) is 16.4. The molecule has 2 aromatic rings. The molecule has 0 radical (unpaired) electrons. The van der Waals surface area contributed by atoms with Gasteiger partial charge in [-0.15, -0.1) is 0 Å². The molecule has 136 valence electrons. The molecule has 0 saturated heterocycles. The Bertz CT molecular complexity index is 871. The third-order valence-electron chi connectivity index (χ3n) is 4.68. The van der Waals surface area contributed by atoms with Crippen molar-refractivity contribution in [3.05, 3.63) is 58.1 Å². The molecule has 0 atom stereocenters. The predicted molar refractivity (Wildman–Crippen MR) is 101 cm³/mol. The number of halogens is 1. The Kier molecular flexibility index (Phi) is 5.69. The van der Waals surface area contributed by atoms with Crippen molar-refractivity contribution in [3.63, 3.8) is 0 Å². The normalized spacial score (nSPS) is 12.2. The highest BCUT2D eigenvalue weighted by Gasteiger charge is 2.31. The van der Waals surface area contributed by atoms with E-state index in [2.05, 4.69) is 13.8 Å². The smallest absolute Gasteiger partial charge is 0.306 e. The van der Waals surface area contributed by atoms with E-state index in [0.29, 0.717) is 10.8 Å². The summed E-state index contributed by atoms with van der Waals surface area (Å²) in [5.74, 6) is 0.385. The highest BCUT2D eigenvalue weighted by Crippen LogP contribution is 2.42. The lowest BCUT2D eigenvalue weighted by Gasteiger charge is -2.34. The van der Waals surface area contributed by atoms with Crippen molar-refractivity contribution in [3.8, 4) is 11.5 Å². The van der Waals surface area contributed by atoms with E-state index in [1.165, 1.54) is 0 Å². The first kappa shape index (κ1) is 19.6. The largest absolute Gasteiger partial charge is 0.506 e. The van der Waals surface area contributed by atoms with E-state index in [4.69, 9.17) is 15.8 Å². The molecule has 0 saturated carbocycles. The molecule has 0 spiro atoms. The van der Waals surface area contributed by atoms with Gasteiger partial charge >= 0.3 is 10.1 Å². The first-order chi connectivity index (χ1) is 11.6. The minimum absolute atomic E-state index is 0.0552. The van der Waals surface area contributed by atoms with Gasteiger partial charge in [0.15, 0.2) is 0 Å². The molecular formula is C19H23ClO4S. The van der Waals surface area contributed by atoms with E-state index in [9.17, 15) is 13.5 Å². The van der Waals surface area contributed by atoms with Crippen molar-refractivity contribution >= 4 is 21.7 Å². The summed E-state index contributed by atoms with van der Waals surface area (Å²) >= 11 is 6.11. The van der Waals surface area contributed by atoms with Crippen LogP contribution in [0.2, 0.25) is 5.02 Å². The van der Waals surface area contributed by atoms with E-state index in [1.807, 2.05) is 25.1 Å². The van der Waals surface area contributed by atoms with Gasteiger partial charge in [-0.1, -0.05) is 43.6 Å². The fraction of sp³-hybridized carbons (Fsp3) is 0.368. The van der Waals surface area contributed by atoms with Gasteiger partial charge in [0, 0.05) is 5.41 Å². The summed E-state index contributed by atoms with van der Waals surface area (Å²) in [5, 5.41) is 10.0. The Morgan fingerprint density at radius 2 is 1.64 bits per heavy atom. The predicted octanol–water partition coefficient (Wildman–Crippen LogP) is 4.80. The minimum Gasteiger partial charge on any atom is -0.506 e. The Labute approximate surface area is 154 Å². The van der Waals surface area contributed by atoms with E-state index in [0.717, 1.165) is 35.8 Å². The molecule has 0 aliphatic heterocycles. The van der Waals surface area contributed by atoms with Gasteiger partial charge < -0.3 is 9.29 Å². The molecule has 0 unspecified atom stereocenters. The topological polar surface area (TPSA) is 63.6 Å². The van der Waals surface area contributed by atoms with Crippen molar-refractivity contribution in [1.82, 2.24) is 0 Å². The van der Waals surface area contributed by atoms with E-state index in [1.54, 1.807) is 18.2 Å². The fourth-order valence-corrected chi connectivity index (χ4v) is 3.94. The maximum atomic E-state index is 11.4. The number of aromatic hydroxyl groups is 1. The standard InChI is InChI=1S/C19H23ClO4S/c1-5-19(6-2,15-7-9-17(21)16(20)12-15)14-8-10-18(13(3)11-14)24-25(4,22)23/h7-12,21H,5-6H2,1-4H3. The average molecular weight is 383 g/mol. The summed E-state index contributed by atoms with van der Waals surface area (Å²) in [4.78, 5) is 0. The van der Waals surface area contributed by atoms with Crippen molar-refractivity contribution < 1.29 is 17.7 Å². The molecule has 6 heteroatoms. The molecule has 0 aliphatic rings. The third kappa shape index (κ3) is 4.10. The van der Waals surface area contributed by atoms with Crippen molar-refractivity contribution in [2.24, 2.45) is 0 Å². The highest BCUT2D eigenvalue weighted by atomic mass is 35.5. The number of hydrogen-bond acceptors (Lipinski definition) is 4. The maximum Gasteiger partial charge on any atom is 0.306 e. The first-order valence-corrected chi connectivity index (χ1v) is 10.3. The van der Waals surface area contributed by atoms with Crippen LogP contribution < -0.4 is 4.18 Å². The van der Waals surface area contributed by atoms with Crippen LogP contribution in [0.4, 0.5) is 0 Å². The lowest BCUT2D eigenvalue weighted by Crippen LogP contribution is -2.26. The molecule has 25 heavy (non-hydrogen) atoms. The number of aryl methyl sites for hydroxylation is 1. The average Bonchev–Trinajstić information content (AvgIpc) is 2.53. The molecule has 0 amide bonds. The van der Waals surface area contributed by atoms with Crippen LogP contribution in [-0.2, 0) is 15.5 Å². The molecule has 2 rings (SSSR count). The van der Waals surface area contributed by atoms with Crippen LogP contribution in [0.5, 0.6) is 11.5 Å². The van der Waals surface area contributed by atoms with Gasteiger partial charge in [0.25, 0.3) is 0 Å². The molecule has 1 N–H and O–H groups in total. The molecule has 0 bridgehead atoms. The van der Waals surface area contributed by atoms with E-state index < -0.39 is 10.1 Å². The van der Waals surface area contributed by atoms with Gasteiger partial charge in [0.2, 0.25) is 0 Å². The summed E-state index contributed by atoms with van der Waals surface area (Å²) < 4.78 is 27.8. The van der Waals surface area contributed by atoms with Gasteiger partial charge in [0.1, 0.15) is 11.5 Å². The summed E-state index contributed by atoms with van der Waals surface area (Å²) in [5.41, 5.74) is 2.53. The van der Waals surface area contributed by atoms with Crippen LogP contribution in [0, 0.1) is 6.92 Å². The Hall–Kier alpha value is -1.72. The van der Waals surface area contributed by atoms with Crippen LogP contribution >= 0.6 is 11.6 Å². The maximum absolute atomic E-state index is 11.4. The highest BCUT2D eigenvalue weighted by molar-refractivity contribution is 7.86. The van der Waals surface area contributed by atoms with Crippen LogP contribution in [0.25, 0.3) is 0 Å². The van der Waals surface area contributed by atoms with E-state index >= 15 is 0 Å². The van der Waals surface area contributed by atoms with Gasteiger partial charge in [-0.05, 0) is 54.7 Å². The lowest BCUT2D eigenvalue weighted by atomic mass is 9.70. The number of hydrogen-bond donors (Lipinski definition) is 1. The third-order valence-corrected chi connectivity index (χ3v) is 5.46. The van der Waals surface area contributed by atoms with Crippen LogP contribution in [0.3, 0.4) is 0 Å². The summed E-state index contributed by atoms with van der Waals surface area (Å²) in [6, 6.07) is 10.8. The molecule has 4 nitrogen and oxygen atoms in total. The number of rotatable bonds is 6. The second-order valence-electron chi connectivity index (χ2n) is 6.22. The van der Waals surface area contributed by atoms with Crippen LogP contribution in [0.15, 0.2) is 36.4 Å². The Morgan fingerprint density at radius 1 is 1.08 bits per heavy atom. The molecule has 0 aliphatic carbocycles. The van der Waals surface area contributed by atoms with Gasteiger partial charge in [-0.3, -0.25) is 0 Å². The fourth-order valence-electron chi connectivity index (χ4n) is 3.24. The van der Waals surface area contributed by atoms with Gasteiger partial charge in [0.05, 0.1) is 11.3 Å². The van der Waals surface area contributed by atoms with Crippen molar-refractivity contribution in [2.75, 3.05) is 6.26 Å². The van der Waals surface area contributed by atoms with Gasteiger partial charge in [-0.25, -0.2) is 0 Å². The first-order valence-electron chi connectivity index (χ1n) is 8.12. The SMILES string of the molecule is CCC(CC)(c1ccc(OS(C)(=O)=O)c(C)c1)c1ccc(O)c(Cl)c1. The van der Waals surface area contributed by atoms with Crippen LogP contribution in [0.1, 0.15) is 43.4 Å². The molecular weight excluding hydrogens is 360 g/mol. The summed E-state index contributed by atoms with van der Waals surface area (Å²) in [7, 11) is -3.57. The van der Waals surface area contributed by atoms with Crippen molar-refractivity contribution in [2.45, 2.75) is 39.0 Å². The number of phenols is 1.